The summed E-state index contributed by atoms with van der Waals surface area (Å²) in [5, 5.41) is 5.22. The Balaban J connectivity index is 1.07. The fourth-order valence-corrected chi connectivity index (χ4v) is 13.1. The van der Waals surface area contributed by atoms with Crippen LogP contribution in [-0.2, 0) is 0 Å². The Kier molecular flexibility index (Phi) is 8.39. The zero-order valence-corrected chi connectivity index (χ0v) is 37.3. The molecule has 2 aliphatic rings. The van der Waals surface area contributed by atoms with E-state index >= 15 is 0 Å². The number of rotatable bonds is 4. The van der Waals surface area contributed by atoms with Crippen LogP contribution in [-0.4, -0.2) is 17.7 Å². The molecule has 308 valence electrons. The van der Waals surface area contributed by atoms with Crippen LogP contribution in [0.25, 0.3) is 107 Å². The molecule has 1 aliphatic carbocycles. The Morgan fingerprint density at radius 2 is 0.955 bits per heavy atom. The normalized spacial score (nSPS) is 12.8. The molecule has 0 radical (unpaired) electrons. The van der Waals surface area contributed by atoms with E-state index in [1.165, 1.54) is 84.9 Å². The number of hydrogen-bond donors (Lipinski definition) is 0. The molecule has 5 heteroatoms. The molecule has 0 saturated carbocycles. The van der Waals surface area contributed by atoms with E-state index in [-0.39, 0.29) is 0 Å². The predicted molar refractivity (Wildman–Crippen MR) is 284 cm³/mol. The monoisotopic (exact) mass is 876 g/mol. The molecule has 0 bridgehead atoms. The van der Waals surface area contributed by atoms with Crippen molar-refractivity contribution >= 4 is 92.0 Å². The molecular formula is C61H38N3S2+. The third-order valence-corrected chi connectivity index (χ3v) is 16.1. The van der Waals surface area contributed by atoms with Crippen molar-refractivity contribution in [3.63, 3.8) is 0 Å². The second kappa shape index (κ2) is 14.8. The van der Waals surface area contributed by atoms with Crippen molar-refractivity contribution in [1.82, 2.24) is 9.56 Å². The van der Waals surface area contributed by atoms with E-state index in [2.05, 4.69) is 222 Å². The quantitative estimate of drug-likeness (QED) is 0.164. The van der Waals surface area contributed by atoms with Gasteiger partial charge in [0.05, 0.1) is 5.69 Å². The van der Waals surface area contributed by atoms with E-state index in [1.807, 2.05) is 28.9 Å². The van der Waals surface area contributed by atoms with Gasteiger partial charge in [0, 0.05) is 81.6 Å². The molecule has 1 aliphatic heterocycles. The summed E-state index contributed by atoms with van der Waals surface area (Å²) in [7, 11) is 0. The molecule has 9 aromatic carbocycles. The zero-order chi connectivity index (χ0) is 43.3. The molecule has 0 atom stereocenters. The van der Waals surface area contributed by atoms with Gasteiger partial charge in [-0.1, -0.05) is 140 Å². The lowest BCUT2D eigenvalue weighted by molar-refractivity contribution is 1.000. The highest BCUT2D eigenvalue weighted by Crippen LogP contribution is 2.53. The first-order valence-electron chi connectivity index (χ1n) is 22.5. The van der Waals surface area contributed by atoms with Gasteiger partial charge in [-0.05, 0) is 98.6 Å². The van der Waals surface area contributed by atoms with Gasteiger partial charge in [-0.25, -0.2) is 0 Å². The number of thiophene rings is 2. The number of aromatic nitrogens is 1. The van der Waals surface area contributed by atoms with Crippen LogP contribution in [0.3, 0.4) is 0 Å². The van der Waals surface area contributed by atoms with Crippen molar-refractivity contribution in [2.45, 2.75) is 0 Å². The summed E-state index contributed by atoms with van der Waals surface area (Å²) in [5.41, 5.74) is 18.6. The number of para-hydroxylation sites is 2. The van der Waals surface area contributed by atoms with Gasteiger partial charge in [0.1, 0.15) is 12.2 Å². The molecule has 0 unspecified atom stereocenters. The molecular weight excluding hydrogens is 839 g/mol. The average molecular weight is 877 g/mol. The lowest BCUT2D eigenvalue weighted by Crippen LogP contribution is -2.29. The molecule has 14 rings (SSSR count). The fourth-order valence-electron chi connectivity index (χ4n) is 10.6. The van der Waals surface area contributed by atoms with Gasteiger partial charge in [0.2, 0.25) is 11.4 Å². The summed E-state index contributed by atoms with van der Waals surface area (Å²) in [5.74, 6) is 0. The maximum atomic E-state index is 5.35. The Labute approximate surface area is 390 Å². The second-order valence-electron chi connectivity index (χ2n) is 17.2. The van der Waals surface area contributed by atoms with Crippen LogP contribution in [0, 0.1) is 0 Å². The van der Waals surface area contributed by atoms with E-state index in [4.69, 9.17) is 4.98 Å². The molecule has 0 fully saturated rings. The number of benzene rings is 9. The van der Waals surface area contributed by atoms with Crippen LogP contribution >= 0.6 is 22.7 Å². The van der Waals surface area contributed by atoms with Crippen molar-refractivity contribution in [3.05, 3.63) is 212 Å². The third kappa shape index (κ3) is 5.74. The Morgan fingerprint density at radius 1 is 0.409 bits per heavy atom. The molecule has 66 heavy (non-hydrogen) atoms. The molecule has 0 spiro atoms. The summed E-state index contributed by atoms with van der Waals surface area (Å²) in [6, 6.07) is 76.2. The number of fused-ring (bicyclic) bond motifs is 15. The lowest BCUT2D eigenvalue weighted by Gasteiger charge is -2.30. The highest BCUT2D eigenvalue weighted by molar-refractivity contribution is 7.26. The summed E-state index contributed by atoms with van der Waals surface area (Å²) >= 11 is 3.76. The Morgan fingerprint density at radius 3 is 1.61 bits per heavy atom. The van der Waals surface area contributed by atoms with Crippen LogP contribution < -0.4 is 9.48 Å². The standard InChI is InChI=1S/C61H38N3S2/c1-3-14-40(15-4-1)63-32-33-64(41-16-5-2-6-17-41)56-37-54-53(36-55(56)63)52-35-39(43-21-12-23-50-47-19-8-10-26-58(47)66-61(43)50)28-30-45(52)44-29-27-38(34-51(44)48-24-13-31-62-59(48)54)42-20-11-22-49-46-18-7-9-25-57(46)65-60(42)49/h1-32,34-37H,33H2/q+1. The molecule has 3 nitrogen and oxygen atoms in total. The lowest BCUT2D eigenvalue weighted by atomic mass is 9.80. The van der Waals surface area contributed by atoms with E-state index in [0.29, 0.717) is 0 Å². The summed E-state index contributed by atoms with van der Waals surface area (Å²) in [6.45, 7) is 0.717. The molecule has 12 aromatic rings. The predicted octanol–water partition coefficient (Wildman–Crippen LogP) is 17.2. The summed E-state index contributed by atoms with van der Waals surface area (Å²) in [4.78, 5) is 7.79. The van der Waals surface area contributed by atoms with Gasteiger partial charge >= 0.3 is 0 Å². The van der Waals surface area contributed by atoms with E-state index in [1.54, 1.807) is 0 Å². The molecule has 0 saturated heterocycles. The minimum Gasteiger partial charge on any atom is -0.326 e. The van der Waals surface area contributed by atoms with Gasteiger partial charge in [0.25, 0.3) is 0 Å². The second-order valence-corrected chi connectivity index (χ2v) is 19.3. The summed E-state index contributed by atoms with van der Waals surface area (Å²) < 4.78 is 7.62. The van der Waals surface area contributed by atoms with Crippen molar-refractivity contribution < 1.29 is 0 Å². The maximum absolute atomic E-state index is 5.35. The van der Waals surface area contributed by atoms with Crippen molar-refractivity contribution in [3.8, 4) is 66.9 Å². The summed E-state index contributed by atoms with van der Waals surface area (Å²) in [6.07, 6.45) is 4.28. The SMILES string of the molecule is C1=[N+](c2ccccc2)c2cc3c(cc2N(c2ccccc2)C1)-c1ncccc1-c1cc(-c2cccc4c2sc2ccccc24)ccc1-c1ccc(-c2cccc4c2sc2ccccc24)cc1-3. The van der Waals surface area contributed by atoms with Gasteiger partial charge < -0.3 is 4.90 Å². The van der Waals surface area contributed by atoms with Crippen LogP contribution in [0.2, 0.25) is 0 Å². The minimum atomic E-state index is 0.717. The number of nitrogens with zero attached hydrogens (tertiary/aromatic N) is 3. The number of hydrogen-bond acceptors (Lipinski definition) is 4. The highest BCUT2D eigenvalue weighted by atomic mass is 32.1. The van der Waals surface area contributed by atoms with Crippen LogP contribution in [0.5, 0.6) is 0 Å². The number of anilines is 2. The van der Waals surface area contributed by atoms with E-state index in [9.17, 15) is 0 Å². The van der Waals surface area contributed by atoms with Crippen molar-refractivity contribution in [2.24, 2.45) is 0 Å². The molecule has 3 aromatic heterocycles. The average Bonchev–Trinajstić information content (AvgIpc) is 3.97. The first-order valence-corrected chi connectivity index (χ1v) is 24.1. The fraction of sp³-hybridized carbons (Fsp3) is 0.0164. The Hall–Kier alpha value is -7.96. The van der Waals surface area contributed by atoms with Crippen LogP contribution in [0.1, 0.15) is 0 Å². The Bertz CT molecular complexity index is 3970. The molecule has 4 heterocycles. The number of pyridine rings is 1. The first kappa shape index (κ1) is 37.4. The largest absolute Gasteiger partial charge is 0.326 e. The third-order valence-electron chi connectivity index (χ3n) is 13.6. The zero-order valence-electron chi connectivity index (χ0n) is 35.6. The molecule has 0 amide bonds. The van der Waals surface area contributed by atoms with E-state index < -0.39 is 0 Å². The molecule has 0 N–H and O–H groups in total. The smallest absolute Gasteiger partial charge is 0.235 e. The highest BCUT2D eigenvalue weighted by Gasteiger charge is 2.33. The van der Waals surface area contributed by atoms with Crippen LogP contribution in [0.4, 0.5) is 22.7 Å². The topological polar surface area (TPSA) is 19.1 Å². The van der Waals surface area contributed by atoms with E-state index in [0.717, 1.165) is 51.7 Å². The van der Waals surface area contributed by atoms with Crippen molar-refractivity contribution in [1.29, 1.82) is 0 Å². The van der Waals surface area contributed by atoms with Crippen LogP contribution in [0.15, 0.2) is 212 Å². The van der Waals surface area contributed by atoms with Gasteiger partial charge in [-0.2, -0.15) is 4.58 Å². The minimum absolute atomic E-state index is 0.717. The maximum Gasteiger partial charge on any atom is 0.235 e. The van der Waals surface area contributed by atoms with Gasteiger partial charge in [0.15, 0.2) is 6.21 Å². The van der Waals surface area contributed by atoms with Gasteiger partial charge in [-0.15, -0.1) is 22.7 Å². The van der Waals surface area contributed by atoms with Crippen molar-refractivity contribution in [2.75, 3.05) is 11.4 Å². The van der Waals surface area contributed by atoms with Gasteiger partial charge in [-0.3, -0.25) is 4.98 Å². The first-order chi connectivity index (χ1) is 32.7.